The monoisotopic (exact) mass is 576 g/mol. The largest absolute Gasteiger partial charge is 0.454 e. The van der Waals surface area contributed by atoms with Crippen LogP contribution in [-0.2, 0) is 28.4 Å². The Labute approximate surface area is 225 Å². The van der Waals surface area contributed by atoms with Crippen LogP contribution >= 0.6 is 0 Å². The summed E-state index contributed by atoms with van der Waals surface area (Å²) in [4.78, 5) is 28.4. The Balaban J connectivity index is 1.84. The molecule has 0 spiro atoms. The summed E-state index contributed by atoms with van der Waals surface area (Å²) in [7, 11) is 0. The molecule has 4 rings (SSSR count). The van der Waals surface area contributed by atoms with Gasteiger partial charge in [0.15, 0.2) is 11.5 Å². The summed E-state index contributed by atoms with van der Waals surface area (Å²) in [6, 6.07) is 2.69. The second-order valence-corrected chi connectivity index (χ2v) is 9.17. The number of amides is 2. The lowest BCUT2D eigenvalue weighted by molar-refractivity contribution is -0.143. The van der Waals surface area contributed by atoms with Crippen molar-refractivity contribution in [2.24, 2.45) is 0 Å². The molecule has 2 aliphatic rings. The highest BCUT2D eigenvalue weighted by molar-refractivity contribution is 5.91. The highest BCUT2D eigenvalue weighted by atomic mass is 19.4. The first-order chi connectivity index (χ1) is 18.7. The van der Waals surface area contributed by atoms with E-state index in [1.165, 1.54) is 24.0 Å². The lowest BCUT2D eigenvalue weighted by Crippen LogP contribution is -2.47. The quantitative estimate of drug-likeness (QED) is 0.360. The standard InChI is InChI=1S/C26H26F6N2O6/c1-4-37-23(35)33(12-15-7-16(25(27,28)29)9-17(8-15)26(30,31)32)19-6-14(3)34(24(36)38-5-2)20-11-22-21(10-18(19)20)39-13-40-22/h7-11,14,19H,4-6,12-13H2,1-3H3. The predicted octanol–water partition coefficient (Wildman–Crippen LogP) is 6.91. The number of benzene rings is 2. The van der Waals surface area contributed by atoms with Crippen LogP contribution in [0.5, 0.6) is 11.5 Å². The first kappa shape index (κ1) is 29.2. The summed E-state index contributed by atoms with van der Waals surface area (Å²) >= 11 is 0. The lowest BCUT2D eigenvalue weighted by Gasteiger charge is -2.42. The first-order valence-electron chi connectivity index (χ1n) is 12.4. The average Bonchev–Trinajstić information content (AvgIpc) is 3.32. The van der Waals surface area contributed by atoms with E-state index in [9.17, 15) is 35.9 Å². The molecule has 0 aliphatic carbocycles. The van der Waals surface area contributed by atoms with Gasteiger partial charge in [-0.3, -0.25) is 9.80 Å². The van der Waals surface area contributed by atoms with Crippen LogP contribution in [0.15, 0.2) is 30.3 Å². The molecule has 0 bridgehead atoms. The Bertz CT molecular complexity index is 1250. The average molecular weight is 576 g/mol. The van der Waals surface area contributed by atoms with E-state index >= 15 is 0 Å². The molecule has 2 aliphatic heterocycles. The van der Waals surface area contributed by atoms with Crippen LogP contribution in [0.3, 0.4) is 0 Å². The van der Waals surface area contributed by atoms with Crippen molar-refractivity contribution in [1.82, 2.24) is 4.90 Å². The van der Waals surface area contributed by atoms with Gasteiger partial charge in [-0.15, -0.1) is 0 Å². The molecule has 40 heavy (non-hydrogen) atoms. The Hall–Kier alpha value is -3.84. The van der Waals surface area contributed by atoms with E-state index in [0.29, 0.717) is 34.9 Å². The molecule has 218 valence electrons. The van der Waals surface area contributed by atoms with E-state index in [1.54, 1.807) is 13.8 Å². The van der Waals surface area contributed by atoms with Crippen molar-refractivity contribution in [1.29, 1.82) is 0 Å². The van der Waals surface area contributed by atoms with Gasteiger partial charge in [0.1, 0.15) is 0 Å². The van der Waals surface area contributed by atoms with Crippen molar-refractivity contribution in [2.75, 3.05) is 24.9 Å². The molecule has 0 saturated carbocycles. The van der Waals surface area contributed by atoms with Crippen molar-refractivity contribution in [2.45, 2.75) is 58.2 Å². The second kappa shape index (κ2) is 11.0. The minimum atomic E-state index is -5.06. The fourth-order valence-electron chi connectivity index (χ4n) is 4.80. The van der Waals surface area contributed by atoms with E-state index in [0.717, 1.165) is 4.90 Å². The summed E-state index contributed by atoms with van der Waals surface area (Å²) in [5.41, 5.74) is -2.77. The Morgan fingerprint density at radius 1 is 0.925 bits per heavy atom. The number of rotatable bonds is 5. The molecule has 0 saturated heterocycles. The number of alkyl halides is 6. The maximum Gasteiger partial charge on any atom is 0.416 e. The van der Waals surface area contributed by atoms with Gasteiger partial charge >= 0.3 is 24.5 Å². The first-order valence-corrected chi connectivity index (χ1v) is 12.4. The number of anilines is 1. The molecular weight excluding hydrogens is 550 g/mol. The maximum atomic E-state index is 13.5. The van der Waals surface area contributed by atoms with Gasteiger partial charge in [0.25, 0.3) is 0 Å². The molecule has 0 N–H and O–H groups in total. The molecule has 2 aromatic rings. The van der Waals surface area contributed by atoms with Crippen LogP contribution in [-0.4, -0.2) is 43.1 Å². The molecular formula is C26H26F6N2O6. The zero-order valence-electron chi connectivity index (χ0n) is 21.7. The molecule has 2 aromatic carbocycles. The van der Waals surface area contributed by atoms with Crippen molar-refractivity contribution in [3.63, 3.8) is 0 Å². The topological polar surface area (TPSA) is 77.5 Å². The van der Waals surface area contributed by atoms with Crippen molar-refractivity contribution in [3.8, 4) is 11.5 Å². The number of ether oxygens (including phenoxy) is 4. The van der Waals surface area contributed by atoms with Crippen molar-refractivity contribution in [3.05, 3.63) is 52.6 Å². The zero-order valence-corrected chi connectivity index (χ0v) is 21.7. The molecule has 0 radical (unpaired) electrons. The number of nitrogens with zero attached hydrogens (tertiary/aromatic N) is 2. The van der Waals surface area contributed by atoms with Gasteiger partial charge < -0.3 is 18.9 Å². The van der Waals surface area contributed by atoms with Crippen LogP contribution in [0.25, 0.3) is 0 Å². The van der Waals surface area contributed by atoms with Gasteiger partial charge in [0.2, 0.25) is 6.79 Å². The van der Waals surface area contributed by atoms with Gasteiger partial charge in [-0.1, -0.05) is 0 Å². The van der Waals surface area contributed by atoms with Crippen LogP contribution < -0.4 is 14.4 Å². The maximum absolute atomic E-state index is 13.5. The van der Waals surface area contributed by atoms with Crippen LogP contribution in [0.2, 0.25) is 0 Å². The summed E-state index contributed by atoms with van der Waals surface area (Å²) in [5.74, 6) is 0.612. The molecule has 14 heteroatoms. The van der Waals surface area contributed by atoms with E-state index in [-0.39, 0.29) is 32.5 Å². The van der Waals surface area contributed by atoms with Gasteiger partial charge in [0, 0.05) is 24.2 Å². The number of hydrogen-bond donors (Lipinski definition) is 0. The minimum absolute atomic E-state index is 0.0219. The Morgan fingerprint density at radius 3 is 2.05 bits per heavy atom. The van der Waals surface area contributed by atoms with E-state index in [1.807, 2.05) is 0 Å². The van der Waals surface area contributed by atoms with Crippen molar-refractivity contribution < 1.29 is 54.9 Å². The molecule has 0 aromatic heterocycles. The molecule has 2 heterocycles. The fourth-order valence-corrected chi connectivity index (χ4v) is 4.80. The summed E-state index contributed by atoms with van der Waals surface area (Å²) < 4.78 is 102. The highest BCUT2D eigenvalue weighted by Gasteiger charge is 2.42. The van der Waals surface area contributed by atoms with Crippen LogP contribution in [0, 0.1) is 0 Å². The van der Waals surface area contributed by atoms with E-state index in [2.05, 4.69) is 0 Å². The lowest BCUT2D eigenvalue weighted by atomic mass is 9.90. The third-order valence-corrected chi connectivity index (χ3v) is 6.49. The van der Waals surface area contributed by atoms with Gasteiger partial charge in [0.05, 0.1) is 36.1 Å². The normalized spacial score (nSPS) is 18.3. The zero-order chi connectivity index (χ0) is 29.4. The number of fused-ring (bicyclic) bond motifs is 2. The van der Waals surface area contributed by atoms with Gasteiger partial charge in [-0.05, 0) is 57.0 Å². The van der Waals surface area contributed by atoms with Gasteiger partial charge in [-0.25, -0.2) is 9.59 Å². The number of carbonyl (C=O) groups is 2. The number of hydrogen-bond acceptors (Lipinski definition) is 6. The summed E-state index contributed by atoms with van der Waals surface area (Å²) in [5, 5.41) is 0. The third-order valence-electron chi connectivity index (χ3n) is 6.49. The SMILES string of the molecule is CCOC(=O)N(Cc1cc(C(F)(F)F)cc(C(F)(F)F)c1)C1CC(C)N(C(=O)OCC)c2cc3c(cc21)OCO3. The highest BCUT2D eigenvalue weighted by Crippen LogP contribution is 2.48. The second-order valence-electron chi connectivity index (χ2n) is 9.17. The van der Waals surface area contributed by atoms with E-state index in [4.69, 9.17) is 18.9 Å². The number of carbonyl (C=O) groups excluding carboxylic acids is 2. The summed E-state index contributed by atoms with van der Waals surface area (Å²) in [6.45, 7) is 4.05. The molecule has 2 amide bonds. The predicted molar refractivity (Wildman–Crippen MR) is 128 cm³/mol. The number of halogens is 6. The van der Waals surface area contributed by atoms with Gasteiger partial charge in [-0.2, -0.15) is 26.3 Å². The fraction of sp³-hybridized carbons (Fsp3) is 0.462. The van der Waals surface area contributed by atoms with Crippen LogP contribution in [0.4, 0.5) is 41.6 Å². The third kappa shape index (κ3) is 5.85. The molecule has 8 nitrogen and oxygen atoms in total. The minimum Gasteiger partial charge on any atom is -0.454 e. The van der Waals surface area contributed by atoms with Crippen LogP contribution in [0.1, 0.15) is 55.5 Å². The van der Waals surface area contributed by atoms with Crippen molar-refractivity contribution >= 4 is 17.9 Å². The van der Waals surface area contributed by atoms with E-state index < -0.39 is 59.9 Å². The molecule has 0 fully saturated rings. The Morgan fingerprint density at radius 2 is 1.50 bits per heavy atom. The Kier molecular flexibility index (Phi) is 7.99. The molecule has 2 unspecified atom stereocenters. The smallest absolute Gasteiger partial charge is 0.416 e. The molecule has 2 atom stereocenters. The summed E-state index contributed by atoms with van der Waals surface area (Å²) in [6.07, 6.45) is -11.7.